The molecule has 1 fully saturated rings. The molecule has 0 aliphatic heterocycles. The summed E-state index contributed by atoms with van der Waals surface area (Å²) in [6.07, 6.45) is 14.0. The lowest BCUT2D eigenvalue weighted by Gasteiger charge is -2.08. The van der Waals surface area contributed by atoms with E-state index in [0.29, 0.717) is 6.04 Å². The normalized spacial score (nSPS) is 27.0. The van der Waals surface area contributed by atoms with Crippen molar-refractivity contribution in [1.29, 1.82) is 0 Å². The molecule has 0 saturated heterocycles. The zero-order chi connectivity index (χ0) is 10.2. The maximum Gasteiger partial charge on any atom is 0.00415 e. The highest BCUT2D eigenvalue weighted by Crippen LogP contribution is 2.28. The number of unbranched alkanes of at least 4 members (excludes halogenated alkanes) is 5. The molecule has 0 bridgehead atoms. The van der Waals surface area contributed by atoms with Crippen LogP contribution in [0.25, 0.3) is 0 Å². The Balaban J connectivity index is 1.84. The first-order valence-electron chi connectivity index (χ1n) is 6.58. The van der Waals surface area contributed by atoms with E-state index >= 15 is 0 Å². The summed E-state index contributed by atoms with van der Waals surface area (Å²) in [5.41, 5.74) is 5.90. The highest BCUT2D eigenvalue weighted by Gasteiger charge is 2.20. The fourth-order valence-corrected chi connectivity index (χ4v) is 2.59. The topological polar surface area (TPSA) is 26.0 Å². The molecule has 84 valence electrons. The predicted molar refractivity (Wildman–Crippen MR) is 63.3 cm³/mol. The fraction of sp³-hybridized carbons (Fsp3) is 1.00. The molecule has 0 radical (unpaired) electrons. The SMILES string of the molecule is CCCCCCCCC1CCC(N)C1. The van der Waals surface area contributed by atoms with E-state index in [9.17, 15) is 0 Å². The van der Waals surface area contributed by atoms with Crippen LogP contribution >= 0.6 is 0 Å². The van der Waals surface area contributed by atoms with Crippen molar-refractivity contribution < 1.29 is 0 Å². The molecule has 1 saturated carbocycles. The minimum Gasteiger partial charge on any atom is -0.328 e. The van der Waals surface area contributed by atoms with E-state index in [-0.39, 0.29) is 0 Å². The zero-order valence-corrected chi connectivity index (χ0v) is 9.80. The minimum atomic E-state index is 0.528. The van der Waals surface area contributed by atoms with Gasteiger partial charge in [-0.25, -0.2) is 0 Å². The van der Waals surface area contributed by atoms with Crippen LogP contribution in [0.1, 0.15) is 71.1 Å². The van der Waals surface area contributed by atoms with Crippen LogP contribution in [-0.2, 0) is 0 Å². The van der Waals surface area contributed by atoms with Gasteiger partial charge in [0.25, 0.3) is 0 Å². The third-order valence-corrected chi connectivity index (χ3v) is 3.55. The first-order chi connectivity index (χ1) is 6.83. The van der Waals surface area contributed by atoms with Gasteiger partial charge in [-0.05, 0) is 25.2 Å². The first-order valence-corrected chi connectivity index (χ1v) is 6.58. The molecule has 1 aliphatic carbocycles. The van der Waals surface area contributed by atoms with Gasteiger partial charge in [-0.15, -0.1) is 0 Å². The molecule has 0 aromatic heterocycles. The molecule has 14 heavy (non-hydrogen) atoms. The Morgan fingerprint density at radius 1 is 1.00 bits per heavy atom. The van der Waals surface area contributed by atoms with E-state index in [1.807, 2.05) is 0 Å². The Morgan fingerprint density at radius 2 is 1.71 bits per heavy atom. The molecule has 1 nitrogen and oxygen atoms in total. The van der Waals surface area contributed by atoms with Crippen LogP contribution in [0.5, 0.6) is 0 Å². The summed E-state index contributed by atoms with van der Waals surface area (Å²) in [5.74, 6) is 0.969. The van der Waals surface area contributed by atoms with Gasteiger partial charge in [-0.1, -0.05) is 51.9 Å². The molecule has 1 rings (SSSR count). The van der Waals surface area contributed by atoms with Gasteiger partial charge in [0, 0.05) is 6.04 Å². The quantitative estimate of drug-likeness (QED) is 0.616. The minimum absolute atomic E-state index is 0.528. The van der Waals surface area contributed by atoms with Crippen molar-refractivity contribution in [2.75, 3.05) is 0 Å². The van der Waals surface area contributed by atoms with Gasteiger partial charge in [-0.3, -0.25) is 0 Å². The Labute approximate surface area is 89.5 Å². The highest BCUT2D eigenvalue weighted by molar-refractivity contribution is 4.77. The van der Waals surface area contributed by atoms with Gasteiger partial charge in [0.1, 0.15) is 0 Å². The van der Waals surface area contributed by atoms with Gasteiger partial charge >= 0.3 is 0 Å². The summed E-state index contributed by atoms with van der Waals surface area (Å²) in [6.45, 7) is 2.28. The maximum absolute atomic E-state index is 5.90. The molecule has 0 heterocycles. The number of hydrogen-bond acceptors (Lipinski definition) is 1. The molecular formula is C13H27N. The number of rotatable bonds is 7. The summed E-state index contributed by atoms with van der Waals surface area (Å²) in [4.78, 5) is 0. The monoisotopic (exact) mass is 197 g/mol. The summed E-state index contributed by atoms with van der Waals surface area (Å²) in [7, 11) is 0. The van der Waals surface area contributed by atoms with E-state index in [1.54, 1.807) is 0 Å². The maximum atomic E-state index is 5.90. The second-order valence-electron chi connectivity index (χ2n) is 5.00. The van der Waals surface area contributed by atoms with Gasteiger partial charge < -0.3 is 5.73 Å². The standard InChI is InChI=1S/C13H27N/c1-2-3-4-5-6-7-8-12-9-10-13(14)11-12/h12-13H,2-11,14H2,1H3. The fourth-order valence-electron chi connectivity index (χ4n) is 2.59. The predicted octanol–water partition coefficient (Wildman–Crippen LogP) is 3.86. The second kappa shape index (κ2) is 7.28. The molecule has 0 spiro atoms. The van der Waals surface area contributed by atoms with E-state index in [1.165, 1.54) is 64.2 Å². The smallest absolute Gasteiger partial charge is 0.00415 e. The van der Waals surface area contributed by atoms with E-state index in [0.717, 1.165) is 5.92 Å². The van der Waals surface area contributed by atoms with Crippen LogP contribution < -0.4 is 5.73 Å². The molecule has 0 aromatic carbocycles. The van der Waals surface area contributed by atoms with Crippen molar-refractivity contribution in [2.45, 2.75) is 77.2 Å². The third kappa shape index (κ3) is 4.99. The van der Waals surface area contributed by atoms with Crippen LogP contribution in [0.3, 0.4) is 0 Å². The Morgan fingerprint density at radius 3 is 2.36 bits per heavy atom. The zero-order valence-electron chi connectivity index (χ0n) is 9.80. The molecule has 1 heteroatoms. The largest absolute Gasteiger partial charge is 0.328 e. The van der Waals surface area contributed by atoms with Crippen molar-refractivity contribution >= 4 is 0 Å². The molecule has 2 unspecified atom stereocenters. The molecule has 1 aliphatic rings. The Hall–Kier alpha value is -0.0400. The van der Waals surface area contributed by atoms with Crippen LogP contribution in [0.15, 0.2) is 0 Å². The summed E-state index contributed by atoms with van der Waals surface area (Å²) < 4.78 is 0. The lowest BCUT2D eigenvalue weighted by atomic mass is 9.99. The molecule has 2 atom stereocenters. The van der Waals surface area contributed by atoms with Crippen molar-refractivity contribution in [1.82, 2.24) is 0 Å². The average molecular weight is 197 g/mol. The lowest BCUT2D eigenvalue weighted by molar-refractivity contribution is 0.457. The van der Waals surface area contributed by atoms with Crippen LogP contribution in [0.4, 0.5) is 0 Å². The third-order valence-electron chi connectivity index (χ3n) is 3.55. The van der Waals surface area contributed by atoms with Crippen LogP contribution in [-0.4, -0.2) is 6.04 Å². The number of nitrogens with two attached hydrogens (primary N) is 1. The summed E-state index contributed by atoms with van der Waals surface area (Å²) >= 11 is 0. The van der Waals surface area contributed by atoms with Crippen LogP contribution in [0.2, 0.25) is 0 Å². The molecule has 0 amide bonds. The van der Waals surface area contributed by atoms with E-state index < -0.39 is 0 Å². The Bertz CT molecular complexity index is 133. The van der Waals surface area contributed by atoms with Gasteiger partial charge in [0.05, 0.1) is 0 Å². The summed E-state index contributed by atoms with van der Waals surface area (Å²) in [5, 5.41) is 0. The Kier molecular flexibility index (Phi) is 6.25. The van der Waals surface area contributed by atoms with Crippen molar-refractivity contribution in [3.63, 3.8) is 0 Å². The van der Waals surface area contributed by atoms with Gasteiger partial charge in [0.15, 0.2) is 0 Å². The average Bonchev–Trinajstić information content (AvgIpc) is 2.58. The molecule has 0 aromatic rings. The highest BCUT2D eigenvalue weighted by atomic mass is 14.6. The molecule has 2 N–H and O–H groups in total. The van der Waals surface area contributed by atoms with Gasteiger partial charge in [-0.2, -0.15) is 0 Å². The van der Waals surface area contributed by atoms with Crippen molar-refractivity contribution in [3.05, 3.63) is 0 Å². The summed E-state index contributed by atoms with van der Waals surface area (Å²) in [6, 6.07) is 0.528. The van der Waals surface area contributed by atoms with Gasteiger partial charge in [0.2, 0.25) is 0 Å². The van der Waals surface area contributed by atoms with E-state index in [2.05, 4.69) is 6.92 Å². The number of hydrogen-bond donors (Lipinski definition) is 1. The second-order valence-corrected chi connectivity index (χ2v) is 5.00. The van der Waals surface area contributed by atoms with Crippen molar-refractivity contribution in [2.24, 2.45) is 11.7 Å². The van der Waals surface area contributed by atoms with Crippen LogP contribution in [0, 0.1) is 5.92 Å². The van der Waals surface area contributed by atoms with E-state index in [4.69, 9.17) is 5.73 Å². The van der Waals surface area contributed by atoms with Crippen molar-refractivity contribution in [3.8, 4) is 0 Å². The first kappa shape index (κ1) is 12.0. The lowest BCUT2D eigenvalue weighted by Crippen LogP contribution is -2.14. The molecular weight excluding hydrogens is 170 g/mol.